The van der Waals surface area contributed by atoms with E-state index in [1.54, 1.807) is 19.1 Å². The second kappa shape index (κ2) is 7.14. The van der Waals surface area contributed by atoms with E-state index >= 15 is 0 Å². The Morgan fingerprint density at radius 1 is 1.48 bits per heavy atom. The molecule has 2 aromatic heterocycles. The number of pyridine rings is 1. The number of nitrogens with zero attached hydrogens (tertiary/aromatic N) is 3. The molecule has 0 saturated carbocycles. The molecule has 1 atom stereocenters. The van der Waals surface area contributed by atoms with Crippen molar-refractivity contribution in [1.82, 2.24) is 4.98 Å². The first kappa shape index (κ1) is 16.8. The average Bonchev–Trinajstić information content (AvgIpc) is 3.05. The summed E-state index contributed by atoms with van der Waals surface area (Å²) in [6.07, 6.45) is 0.376. The van der Waals surface area contributed by atoms with Crippen LogP contribution in [0.4, 0.5) is 5.82 Å². The molecule has 2 heterocycles. The monoisotopic (exact) mass is 344 g/mol. The van der Waals surface area contributed by atoms with Gasteiger partial charge in [-0.25, -0.2) is 4.98 Å². The van der Waals surface area contributed by atoms with E-state index in [1.165, 1.54) is 11.3 Å². The number of carbonyl (C=O) groups is 1. The van der Waals surface area contributed by atoms with E-state index in [-0.39, 0.29) is 22.0 Å². The minimum atomic E-state index is -0.983. The van der Waals surface area contributed by atoms with Crippen LogP contribution in [0.5, 0.6) is 0 Å². The highest BCUT2D eigenvalue weighted by molar-refractivity contribution is 8.00. The number of hydrogen-bond donors (Lipinski definition) is 2. The summed E-state index contributed by atoms with van der Waals surface area (Å²) in [6, 6.07) is 7.62. The quantitative estimate of drug-likeness (QED) is 0.798. The first-order valence-electron chi connectivity index (χ1n) is 6.60. The summed E-state index contributed by atoms with van der Waals surface area (Å²) in [7, 11) is 0. The molecule has 0 aliphatic rings. The molecule has 0 aromatic carbocycles. The van der Waals surface area contributed by atoms with Gasteiger partial charge in [0.25, 0.3) is 0 Å². The van der Waals surface area contributed by atoms with Crippen LogP contribution in [-0.4, -0.2) is 21.3 Å². The summed E-state index contributed by atoms with van der Waals surface area (Å²) in [4.78, 5) is 16.1. The molecule has 23 heavy (non-hydrogen) atoms. The van der Waals surface area contributed by atoms with Crippen molar-refractivity contribution in [3.8, 4) is 22.6 Å². The lowest BCUT2D eigenvalue weighted by molar-refractivity contribution is -0.136. The Kier molecular flexibility index (Phi) is 5.22. The zero-order valence-electron chi connectivity index (χ0n) is 12.1. The number of aromatic nitrogens is 1. The third-order valence-corrected chi connectivity index (χ3v) is 5.31. The molecule has 0 radical (unpaired) electrons. The summed E-state index contributed by atoms with van der Waals surface area (Å²) >= 11 is 2.35. The number of carboxylic acids is 1. The Hall–Kier alpha value is -2.55. The van der Waals surface area contributed by atoms with Gasteiger partial charge in [0.2, 0.25) is 0 Å². The second-order valence-corrected chi connectivity index (χ2v) is 6.62. The first-order chi connectivity index (χ1) is 11.0. The van der Waals surface area contributed by atoms with Gasteiger partial charge in [0.15, 0.2) is 0 Å². The number of carboxylic acid groups (broad SMARTS) is 1. The van der Waals surface area contributed by atoms with Crippen molar-refractivity contribution >= 4 is 34.9 Å². The number of nitrogen functional groups attached to an aromatic ring is 1. The van der Waals surface area contributed by atoms with Gasteiger partial charge >= 0.3 is 5.97 Å². The van der Waals surface area contributed by atoms with Gasteiger partial charge in [0, 0.05) is 10.4 Å². The molecule has 8 heteroatoms. The molecule has 0 aliphatic carbocycles. The van der Waals surface area contributed by atoms with Gasteiger partial charge in [-0.05, 0) is 17.9 Å². The largest absolute Gasteiger partial charge is 0.480 e. The second-order valence-electron chi connectivity index (χ2n) is 4.48. The molecule has 0 saturated heterocycles. The maximum absolute atomic E-state index is 11.2. The number of hydrogen-bond acceptors (Lipinski definition) is 7. The summed E-state index contributed by atoms with van der Waals surface area (Å²) in [5.41, 5.74) is 6.59. The van der Waals surface area contributed by atoms with Gasteiger partial charge in [-0.2, -0.15) is 10.5 Å². The van der Waals surface area contributed by atoms with E-state index < -0.39 is 11.2 Å². The lowest BCUT2D eigenvalue weighted by Crippen LogP contribution is -2.16. The summed E-state index contributed by atoms with van der Waals surface area (Å²) in [5, 5.41) is 29.4. The van der Waals surface area contributed by atoms with Crippen LogP contribution in [0.2, 0.25) is 0 Å². The molecule has 1 unspecified atom stereocenters. The standard InChI is InChI=1S/C15H12N4O2S2/c1-2-10(15(20)21)23-14-9(7-17)12(11-4-3-5-22-11)8(6-16)13(18)19-14/h3-5,10H,2H2,1H3,(H2,18,19)(H,20,21). The van der Waals surface area contributed by atoms with Crippen molar-refractivity contribution in [3.63, 3.8) is 0 Å². The van der Waals surface area contributed by atoms with Gasteiger partial charge < -0.3 is 10.8 Å². The van der Waals surface area contributed by atoms with Crippen molar-refractivity contribution in [3.05, 3.63) is 28.6 Å². The highest BCUT2D eigenvalue weighted by Crippen LogP contribution is 2.39. The van der Waals surface area contributed by atoms with Crippen LogP contribution in [0.3, 0.4) is 0 Å². The molecular formula is C15H12N4O2S2. The summed E-state index contributed by atoms with van der Waals surface area (Å²) in [5.74, 6) is -0.985. The lowest BCUT2D eigenvalue weighted by Gasteiger charge is -2.14. The molecule has 116 valence electrons. The van der Waals surface area contributed by atoms with Gasteiger partial charge in [-0.1, -0.05) is 24.8 Å². The van der Waals surface area contributed by atoms with Gasteiger partial charge in [-0.3, -0.25) is 4.79 Å². The lowest BCUT2D eigenvalue weighted by atomic mass is 10.0. The average molecular weight is 344 g/mol. The van der Waals surface area contributed by atoms with Crippen molar-refractivity contribution in [2.45, 2.75) is 23.6 Å². The van der Waals surface area contributed by atoms with Gasteiger partial charge in [0.05, 0.1) is 5.56 Å². The van der Waals surface area contributed by atoms with E-state index in [9.17, 15) is 20.4 Å². The molecule has 0 bridgehead atoms. The Morgan fingerprint density at radius 3 is 2.65 bits per heavy atom. The van der Waals surface area contributed by atoms with E-state index in [0.29, 0.717) is 12.0 Å². The molecule has 2 aromatic rings. The predicted molar refractivity (Wildman–Crippen MR) is 89.0 cm³/mol. The van der Waals surface area contributed by atoms with Crippen LogP contribution in [-0.2, 0) is 4.79 Å². The van der Waals surface area contributed by atoms with Crippen molar-refractivity contribution < 1.29 is 9.90 Å². The number of aliphatic carboxylic acids is 1. The van der Waals surface area contributed by atoms with Crippen LogP contribution in [0, 0.1) is 22.7 Å². The molecular weight excluding hydrogens is 332 g/mol. The first-order valence-corrected chi connectivity index (χ1v) is 8.36. The summed E-state index contributed by atoms with van der Waals surface area (Å²) < 4.78 is 0. The van der Waals surface area contributed by atoms with E-state index in [4.69, 9.17) is 5.73 Å². The fourth-order valence-corrected chi connectivity index (χ4v) is 3.73. The van der Waals surface area contributed by atoms with Crippen LogP contribution < -0.4 is 5.73 Å². The third kappa shape index (κ3) is 3.29. The van der Waals surface area contributed by atoms with Crippen LogP contribution in [0.25, 0.3) is 10.4 Å². The summed E-state index contributed by atoms with van der Waals surface area (Å²) in [6.45, 7) is 1.74. The van der Waals surface area contributed by atoms with E-state index in [1.807, 2.05) is 17.5 Å². The van der Waals surface area contributed by atoms with E-state index in [0.717, 1.165) is 16.6 Å². The fourth-order valence-electron chi connectivity index (χ4n) is 1.99. The van der Waals surface area contributed by atoms with Crippen LogP contribution in [0.15, 0.2) is 22.5 Å². The van der Waals surface area contributed by atoms with Crippen molar-refractivity contribution in [2.24, 2.45) is 0 Å². The smallest absolute Gasteiger partial charge is 0.317 e. The van der Waals surface area contributed by atoms with Gasteiger partial charge in [0.1, 0.15) is 33.8 Å². The molecule has 2 rings (SSSR count). The van der Waals surface area contributed by atoms with Crippen LogP contribution >= 0.6 is 23.1 Å². The highest BCUT2D eigenvalue weighted by Gasteiger charge is 2.25. The number of thioether (sulfide) groups is 1. The number of nitriles is 2. The number of rotatable bonds is 5. The highest BCUT2D eigenvalue weighted by atomic mass is 32.2. The maximum Gasteiger partial charge on any atom is 0.317 e. The maximum atomic E-state index is 11.2. The number of anilines is 1. The van der Waals surface area contributed by atoms with E-state index in [2.05, 4.69) is 4.98 Å². The Morgan fingerprint density at radius 2 is 2.17 bits per heavy atom. The zero-order chi connectivity index (χ0) is 17.0. The van der Waals surface area contributed by atoms with Crippen molar-refractivity contribution in [2.75, 3.05) is 5.73 Å². The molecule has 0 amide bonds. The SMILES string of the molecule is CCC(Sc1nc(N)c(C#N)c(-c2cccs2)c1C#N)C(=O)O. The molecule has 6 nitrogen and oxygen atoms in total. The minimum absolute atomic E-state index is 0.00218. The Bertz CT molecular complexity index is 819. The number of nitrogens with two attached hydrogens (primary N) is 1. The molecule has 0 spiro atoms. The van der Waals surface area contributed by atoms with Crippen molar-refractivity contribution in [1.29, 1.82) is 10.5 Å². The topological polar surface area (TPSA) is 124 Å². The predicted octanol–water partition coefficient (Wildman–Crippen LogP) is 3.09. The minimum Gasteiger partial charge on any atom is -0.480 e. The zero-order valence-corrected chi connectivity index (χ0v) is 13.7. The molecule has 0 aliphatic heterocycles. The molecule has 3 N–H and O–H groups in total. The Labute approximate surface area is 141 Å². The molecule has 0 fully saturated rings. The third-order valence-electron chi connectivity index (χ3n) is 3.08. The van der Waals surface area contributed by atoms with Gasteiger partial charge in [-0.15, -0.1) is 11.3 Å². The number of thiophene rings is 1. The normalized spacial score (nSPS) is 11.4. The van der Waals surface area contributed by atoms with Crippen LogP contribution in [0.1, 0.15) is 24.5 Å². The fraction of sp³-hybridized carbons (Fsp3) is 0.200. The Balaban J connectivity index is 2.69.